The van der Waals surface area contributed by atoms with E-state index in [1.54, 1.807) is 0 Å². The molecule has 0 spiro atoms. The zero-order chi connectivity index (χ0) is 10.6. The molecule has 0 aliphatic rings. The van der Waals surface area contributed by atoms with Crippen LogP contribution in [0.2, 0.25) is 19.6 Å². The molecule has 0 aromatic heterocycles. The molecule has 0 fully saturated rings. The Balaban J connectivity index is 2.97. The Kier molecular flexibility index (Phi) is 3.41. The molecule has 0 aliphatic heterocycles. The molecule has 14 heavy (non-hydrogen) atoms. The summed E-state index contributed by atoms with van der Waals surface area (Å²) in [5.41, 5.74) is 4.03. The number of hydrogen-bond acceptors (Lipinski definition) is 1. The van der Waals surface area contributed by atoms with Crippen molar-refractivity contribution >= 4 is 20.4 Å². The van der Waals surface area contributed by atoms with Gasteiger partial charge in [-0.15, -0.1) is 0 Å². The summed E-state index contributed by atoms with van der Waals surface area (Å²) in [6.07, 6.45) is 2.97. The molecule has 74 valence electrons. The summed E-state index contributed by atoms with van der Waals surface area (Å²) < 4.78 is 0. The quantitative estimate of drug-likeness (QED) is 0.545. The molecule has 0 saturated heterocycles. The number of hydrogen-bond donors (Lipinski definition) is 0. The summed E-state index contributed by atoms with van der Waals surface area (Å²) in [7, 11) is -1.17. The lowest BCUT2D eigenvalue weighted by atomic mass is 10.1. The molecule has 1 aromatic rings. The van der Waals surface area contributed by atoms with Crippen molar-refractivity contribution in [3.8, 4) is 0 Å². The molecule has 1 rings (SSSR count). The molecule has 0 bridgehead atoms. The third kappa shape index (κ3) is 3.30. The maximum atomic E-state index is 10.7. The van der Waals surface area contributed by atoms with Gasteiger partial charge in [-0.2, -0.15) is 0 Å². The molecule has 2 heteroatoms. The fraction of sp³-hybridized carbons (Fsp3) is 0.250. The van der Waals surface area contributed by atoms with Crippen LogP contribution < -0.4 is 0 Å². The largest absolute Gasteiger partial charge is 0.298 e. The zero-order valence-electron chi connectivity index (χ0n) is 8.95. The molecular formula is C12H16OSi. The van der Waals surface area contributed by atoms with Crippen LogP contribution >= 0.6 is 0 Å². The van der Waals surface area contributed by atoms with Gasteiger partial charge in [0.25, 0.3) is 0 Å². The van der Waals surface area contributed by atoms with E-state index < -0.39 is 8.07 Å². The van der Waals surface area contributed by atoms with E-state index >= 15 is 0 Å². The lowest BCUT2D eigenvalue weighted by molar-refractivity contribution is 0.112. The first-order chi connectivity index (χ1) is 6.53. The van der Waals surface area contributed by atoms with Crippen LogP contribution in [0.3, 0.4) is 0 Å². The van der Waals surface area contributed by atoms with Gasteiger partial charge in [-0.1, -0.05) is 55.7 Å². The molecular weight excluding hydrogens is 188 g/mol. The molecule has 0 atom stereocenters. The van der Waals surface area contributed by atoms with Crippen LogP contribution in [0.25, 0.3) is 6.08 Å². The Morgan fingerprint density at radius 2 is 1.64 bits per heavy atom. The highest BCUT2D eigenvalue weighted by Gasteiger charge is 2.07. The highest BCUT2D eigenvalue weighted by molar-refractivity contribution is 6.81. The minimum Gasteiger partial charge on any atom is -0.298 e. The molecule has 0 unspecified atom stereocenters. The third-order valence-corrected chi connectivity index (χ3v) is 3.05. The average Bonchev–Trinajstić information content (AvgIpc) is 2.14. The third-order valence-electron chi connectivity index (χ3n) is 1.89. The minimum absolute atomic E-state index is 0.766. The van der Waals surface area contributed by atoms with E-state index in [4.69, 9.17) is 0 Å². The van der Waals surface area contributed by atoms with Crippen LogP contribution in [-0.4, -0.2) is 14.4 Å². The van der Waals surface area contributed by atoms with Crippen molar-refractivity contribution < 1.29 is 4.79 Å². The summed E-state index contributed by atoms with van der Waals surface area (Å²) in [6, 6.07) is 7.66. The zero-order valence-corrected chi connectivity index (χ0v) is 9.95. The predicted octanol–water partition coefficient (Wildman–Crippen LogP) is 3.39. The molecule has 0 aliphatic carbocycles. The van der Waals surface area contributed by atoms with Gasteiger partial charge in [-0.25, -0.2) is 0 Å². The number of carbonyl (C=O) groups is 1. The Labute approximate surface area is 86.5 Å². The first kappa shape index (κ1) is 10.9. The van der Waals surface area contributed by atoms with Gasteiger partial charge < -0.3 is 0 Å². The van der Waals surface area contributed by atoms with E-state index in [0.717, 1.165) is 17.4 Å². The van der Waals surface area contributed by atoms with E-state index in [9.17, 15) is 4.79 Å². The van der Waals surface area contributed by atoms with E-state index in [0.29, 0.717) is 0 Å². The number of aldehydes is 1. The summed E-state index contributed by atoms with van der Waals surface area (Å²) in [6.45, 7) is 6.81. The molecule has 1 aromatic carbocycles. The van der Waals surface area contributed by atoms with Gasteiger partial charge in [0.15, 0.2) is 6.29 Å². The van der Waals surface area contributed by atoms with Crippen molar-refractivity contribution in [2.45, 2.75) is 19.6 Å². The molecule has 0 radical (unpaired) electrons. The number of rotatable bonds is 3. The van der Waals surface area contributed by atoms with Crippen molar-refractivity contribution in [1.82, 2.24) is 0 Å². The van der Waals surface area contributed by atoms with E-state index in [1.807, 2.05) is 24.3 Å². The van der Waals surface area contributed by atoms with Crippen molar-refractivity contribution in [3.05, 3.63) is 41.1 Å². The second kappa shape index (κ2) is 4.38. The fourth-order valence-corrected chi connectivity index (χ4v) is 1.79. The second-order valence-corrected chi connectivity index (χ2v) is 9.51. The fourth-order valence-electron chi connectivity index (χ4n) is 1.11. The van der Waals surface area contributed by atoms with Crippen molar-refractivity contribution in [3.63, 3.8) is 0 Å². The van der Waals surface area contributed by atoms with Gasteiger partial charge in [-0.05, 0) is 5.56 Å². The maximum absolute atomic E-state index is 10.7. The van der Waals surface area contributed by atoms with Crippen LogP contribution in [0.15, 0.2) is 30.0 Å². The molecule has 0 saturated carbocycles. The van der Waals surface area contributed by atoms with Crippen LogP contribution in [0.4, 0.5) is 0 Å². The topological polar surface area (TPSA) is 17.1 Å². The highest BCUT2D eigenvalue weighted by Crippen LogP contribution is 2.11. The Bertz CT molecular complexity index is 348. The van der Waals surface area contributed by atoms with Gasteiger partial charge in [0.2, 0.25) is 0 Å². The Morgan fingerprint density at radius 3 is 2.14 bits per heavy atom. The van der Waals surface area contributed by atoms with Crippen molar-refractivity contribution in [1.29, 1.82) is 0 Å². The lowest BCUT2D eigenvalue weighted by Gasteiger charge is -2.08. The van der Waals surface area contributed by atoms with E-state index in [1.165, 1.54) is 0 Å². The smallest absolute Gasteiger partial charge is 0.150 e. The summed E-state index contributed by atoms with van der Waals surface area (Å²) >= 11 is 0. The normalized spacial score (nSPS) is 11.9. The second-order valence-electron chi connectivity index (χ2n) is 4.45. The SMILES string of the molecule is C[Si](C)(C)C=Cc1ccccc1C=O. The lowest BCUT2D eigenvalue weighted by Crippen LogP contribution is -2.15. The summed E-state index contributed by atoms with van der Waals surface area (Å²) in [4.78, 5) is 10.7. The number of benzene rings is 1. The molecule has 0 N–H and O–H groups in total. The van der Waals surface area contributed by atoms with Gasteiger partial charge in [0, 0.05) is 5.56 Å². The van der Waals surface area contributed by atoms with Gasteiger partial charge in [0.1, 0.15) is 0 Å². The standard InChI is InChI=1S/C12H16OSi/c1-14(2,3)9-8-11-6-4-5-7-12(11)10-13/h4-10H,1-3H3. The first-order valence-electron chi connectivity index (χ1n) is 4.76. The Hall–Kier alpha value is -1.15. The minimum atomic E-state index is -1.17. The summed E-state index contributed by atoms with van der Waals surface area (Å²) in [5, 5.41) is 0. The van der Waals surface area contributed by atoms with E-state index in [-0.39, 0.29) is 0 Å². The number of carbonyl (C=O) groups excluding carboxylic acids is 1. The van der Waals surface area contributed by atoms with Gasteiger partial charge in [-0.3, -0.25) is 4.79 Å². The van der Waals surface area contributed by atoms with Crippen LogP contribution in [0.5, 0.6) is 0 Å². The monoisotopic (exact) mass is 204 g/mol. The maximum Gasteiger partial charge on any atom is 0.150 e. The molecule has 0 amide bonds. The van der Waals surface area contributed by atoms with Crippen LogP contribution in [0, 0.1) is 0 Å². The van der Waals surface area contributed by atoms with Crippen molar-refractivity contribution in [2.75, 3.05) is 0 Å². The highest BCUT2D eigenvalue weighted by atomic mass is 28.3. The summed E-state index contributed by atoms with van der Waals surface area (Å²) in [5.74, 6) is 0. The predicted molar refractivity (Wildman–Crippen MR) is 64.2 cm³/mol. The Morgan fingerprint density at radius 1 is 1.07 bits per heavy atom. The molecule has 1 nitrogen and oxygen atoms in total. The van der Waals surface area contributed by atoms with Gasteiger partial charge >= 0.3 is 0 Å². The van der Waals surface area contributed by atoms with Crippen molar-refractivity contribution in [2.24, 2.45) is 0 Å². The first-order valence-corrected chi connectivity index (χ1v) is 8.34. The van der Waals surface area contributed by atoms with Gasteiger partial charge in [0.05, 0.1) is 8.07 Å². The average molecular weight is 204 g/mol. The van der Waals surface area contributed by atoms with Crippen LogP contribution in [-0.2, 0) is 0 Å². The molecule has 0 heterocycles. The van der Waals surface area contributed by atoms with Crippen LogP contribution in [0.1, 0.15) is 15.9 Å². The van der Waals surface area contributed by atoms with E-state index in [2.05, 4.69) is 31.4 Å².